The van der Waals surface area contributed by atoms with Gasteiger partial charge in [0.05, 0.1) is 11.7 Å². The Hall–Kier alpha value is -2.54. The Morgan fingerprint density at radius 1 is 1.12 bits per heavy atom. The van der Waals surface area contributed by atoms with Gasteiger partial charge in [-0.1, -0.05) is 31.9 Å². The summed E-state index contributed by atoms with van der Waals surface area (Å²) >= 11 is 4.21. The van der Waals surface area contributed by atoms with Crippen LogP contribution in [0.4, 0.5) is 20.6 Å². The van der Waals surface area contributed by atoms with Crippen molar-refractivity contribution in [3.05, 3.63) is 59.9 Å². The summed E-state index contributed by atoms with van der Waals surface area (Å²) in [5, 5.41) is 5.52. The number of urea groups is 1. The first-order valence-corrected chi connectivity index (χ1v) is 8.25. The normalized spacial score (nSPS) is 11.5. The van der Waals surface area contributed by atoms with Crippen molar-refractivity contribution in [1.82, 2.24) is 5.32 Å². The molecule has 1 unspecified atom stereocenters. The van der Waals surface area contributed by atoms with Gasteiger partial charge in [0.25, 0.3) is 0 Å². The number of nitrogens with zero attached hydrogens (tertiary/aromatic N) is 1. The largest absolute Gasteiger partial charge is 0.332 e. The molecule has 2 rings (SSSR count). The third-order valence-electron chi connectivity index (χ3n) is 3.62. The molecule has 0 saturated heterocycles. The molecule has 2 aromatic rings. The number of nitrogens with one attached hydrogen (secondary N) is 2. The van der Waals surface area contributed by atoms with Crippen LogP contribution in [0.3, 0.4) is 0 Å². The molecule has 1 atom stereocenters. The first kappa shape index (κ1) is 18.8. The van der Waals surface area contributed by atoms with Crippen LogP contribution in [0.2, 0.25) is 0 Å². The lowest BCUT2D eigenvalue weighted by Crippen LogP contribution is -2.35. The highest BCUT2D eigenvalue weighted by Crippen LogP contribution is 2.21. The van der Waals surface area contributed by atoms with Gasteiger partial charge in [-0.15, -0.1) is 0 Å². The van der Waals surface area contributed by atoms with Gasteiger partial charge in [0.15, 0.2) is 0 Å². The predicted octanol–water partition coefficient (Wildman–Crippen LogP) is 4.30. The fourth-order valence-electron chi connectivity index (χ4n) is 2.13. The van der Waals surface area contributed by atoms with Crippen LogP contribution in [-0.4, -0.2) is 11.9 Å². The topological polar surface area (TPSA) is 61.4 Å². The summed E-state index contributed by atoms with van der Waals surface area (Å²) in [5.74, 6) is -0.408. The summed E-state index contributed by atoms with van der Waals surface area (Å²) in [5.41, 5.74) is 1.99. The number of hydrogen-bond acceptors (Lipinski definition) is 3. The van der Waals surface area contributed by atoms with E-state index in [1.54, 1.807) is 50.2 Å². The zero-order chi connectivity index (χ0) is 18.4. The van der Waals surface area contributed by atoms with Crippen molar-refractivity contribution in [3.63, 3.8) is 0 Å². The molecule has 0 aromatic heterocycles. The molecule has 132 valence electrons. The van der Waals surface area contributed by atoms with Gasteiger partial charge in [-0.05, 0) is 48.9 Å². The molecular weight excluding hydrogens is 341 g/mol. The van der Waals surface area contributed by atoms with Crippen molar-refractivity contribution in [3.8, 4) is 0 Å². The number of anilines is 2. The van der Waals surface area contributed by atoms with Crippen LogP contribution < -0.4 is 14.9 Å². The van der Waals surface area contributed by atoms with Gasteiger partial charge >= 0.3 is 6.03 Å². The van der Waals surface area contributed by atoms with E-state index >= 15 is 0 Å². The fraction of sp³-hybridized carbons (Fsp3) is 0.222. The Morgan fingerprint density at radius 3 is 2.28 bits per heavy atom. The van der Waals surface area contributed by atoms with Gasteiger partial charge in [0.2, 0.25) is 5.91 Å². The number of amides is 3. The average molecular weight is 361 g/mol. The van der Waals surface area contributed by atoms with Crippen molar-refractivity contribution in [2.45, 2.75) is 26.3 Å². The van der Waals surface area contributed by atoms with Crippen molar-refractivity contribution in [2.75, 3.05) is 9.62 Å². The Balaban J connectivity index is 1.99. The molecule has 0 spiro atoms. The molecule has 25 heavy (non-hydrogen) atoms. The van der Waals surface area contributed by atoms with Gasteiger partial charge in [-0.25, -0.2) is 13.5 Å². The third kappa shape index (κ3) is 5.22. The first-order valence-electron chi connectivity index (χ1n) is 7.85. The molecule has 3 amide bonds. The zero-order valence-electron chi connectivity index (χ0n) is 14.0. The van der Waals surface area contributed by atoms with E-state index in [9.17, 15) is 14.0 Å². The summed E-state index contributed by atoms with van der Waals surface area (Å²) in [6.07, 6.45) is 0.393. The Labute approximate surface area is 151 Å². The summed E-state index contributed by atoms with van der Waals surface area (Å²) in [4.78, 5) is 23.7. The standard InChI is InChI=1S/C18H20FN3O2S/c1-3-17(23)21-15-8-10-16(11-9-15)22(25)18(24)20-12(2)13-4-6-14(19)7-5-13/h4-12,25H,3H2,1-2H3,(H,20,24)(H,21,23). The van der Waals surface area contributed by atoms with Crippen LogP contribution in [0, 0.1) is 5.82 Å². The van der Waals surface area contributed by atoms with E-state index in [2.05, 4.69) is 23.4 Å². The third-order valence-corrected chi connectivity index (χ3v) is 4.03. The Morgan fingerprint density at radius 2 is 1.72 bits per heavy atom. The second-order valence-electron chi connectivity index (χ2n) is 5.48. The van der Waals surface area contributed by atoms with Crippen LogP contribution in [0.25, 0.3) is 0 Å². The molecule has 5 nitrogen and oxygen atoms in total. The molecule has 0 radical (unpaired) electrons. The van der Waals surface area contributed by atoms with Crippen molar-refractivity contribution in [2.24, 2.45) is 0 Å². The van der Waals surface area contributed by atoms with Crippen molar-refractivity contribution < 1.29 is 14.0 Å². The number of carbonyl (C=O) groups is 2. The molecule has 0 fully saturated rings. The Bertz CT molecular complexity index is 735. The maximum Gasteiger partial charge on any atom is 0.332 e. The molecule has 0 heterocycles. The first-order chi connectivity index (χ1) is 11.9. The van der Waals surface area contributed by atoms with Crippen molar-refractivity contribution >= 4 is 36.1 Å². The monoisotopic (exact) mass is 361 g/mol. The van der Waals surface area contributed by atoms with E-state index in [0.717, 1.165) is 5.56 Å². The lowest BCUT2D eigenvalue weighted by Gasteiger charge is -2.21. The number of halogens is 1. The summed E-state index contributed by atoms with van der Waals surface area (Å²) in [6, 6.07) is 12.0. The number of hydrogen-bond donors (Lipinski definition) is 3. The van der Waals surface area contributed by atoms with E-state index < -0.39 is 6.03 Å². The van der Waals surface area contributed by atoms with E-state index in [4.69, 9.17) is 0 Å². The van der Waals surface area contributed by atoms with Crippen molar-refractivity contribution in [1.29, 1.82) is 0 Å². The maximum absolute atomic E-state index is 13.0. The lowest BCUT2D eigenvalue weighted by molar-refractivity contribution is -0.115. The minimum atomic E-state index is -0.412. The average Bonchev–Trinajstić information content (AvgIpc) is 2.62. The molecule has 0 bridgehead atoms. The smallest absolute Gasteiger partial charge is 0.330 e. The summed E-state index contributed by atoms with van der Waals surface area (Å²) in [6.45, 7) is 3.57. The molecule has 2 N–H and O–H groups in total. The molecule has 0 saturated carbocycles. The van der Waals surface area contributed by atoms with Crippen LogP contribution in [0.1, 0.15) is 31.9 Å². The van der Waals surface area contributed by atoms with E-state index in [1.807, 2.05) is 0 Å². The summed E-state index contributed by atoms with van der Waals surface area (Å²) < 4.78 is 14.1. The molecule has 0 aliphatic rings. The highest BCUT2D eigenvalue weighted by Gasteiger charge is 2.16. The quantitative estimate of drug-likeness (QED) is 0.696. The number of rotatable bonds is 5. The highest BCUT2D eigenvalue weighted by atomic mass is 32.1. The van der Waals surface area contributed by atoms with Crippen LogP contribution >= 0.6 is 12.8 Å². The predicted molar refractivity (Wildman–Crippen MR) is 100 cm³/mol. The SMILES string of the molecule is CCC(=O)Nc1ccc(N(S)C(=O)NC(C)c2ccc(F)cc2)cc1. The number of benzene rings is 2. The van der Waals surface area contributed by atoms with Gasteiger partial charge in [0.1, 0.15) is 5.82 Å². The van der Waals surface area contributed by atoms with Gasteiger partial charge in [0, 0.05) is 12.1 Å². The highest BCUT2D eigenvalue weighted by molar-refractivity contribution is 7.82. The molecule has 0 aliphatic heterocycles. The molecule has 2 aromatic carbocycles. The minimum absolute atomic E-state index is 0.0821. The second-order valence-corrected chi connectivity index (χ2v) is 5.88. The van der Waals surface area contributed by atoms with Gasteiger partial charge in [-0.2, -0.15) is 0 Å². The van der Waals surface area contributed by atoms with Crippen LogP contribution in [-0.2, 0) is 4.79 Å². The van der Waals surface area contributed by atoms with Gasteiger partial charge < -0.3 is 10.6 Å². The van der Waals surface area contributed by atoms with E-state index in [-0.39, 0.29) is 17.8 Å². The van der Waals surface area contributed by atoms with E-state index in [1.165, 1.54) is 16.4 Å². The van der Waals surface area contributed by atoms with Crippen LogP contribution in [0.15, 0.2) is 48.5 Å². The maximum atomic E-state index is 13.0. The van der Waals surface area contributed by atoms with Crippen LogP contribution in [0.5, 0.6) is 0 Å². The summed E-state index contributed by atoms with van der Waals surface area (Å²) in [7, 11) is 0. The van der Waals surface area contributed by atoms with E-state index in [0.29, 0.717) is 17.8 Å². The Kier molecular flexibility index (Phi) is 6.41. The number of thiol groups is 1. The molecule has 0 aliphatic carbocycles. The number of carbonyl (C=O) groups excluding carboxylic acids is 2. The minimum Gasteiger partial charge on any atom is -0.330 e. The zero-order valence-corrected chi connectivity index (χ0v) is 14.9. The molecule has 7 heteroatoms. The fourth-order valence-corrected chi connectivity index (χ4v) is 2.32. The molecular formula is C18H20FN3O2S. The lowest BCUT2D eigenvalue weighted by atomic mass is 10.1. The van der Waals surface area contributed by atoms with Gasteiger partial charge in [-0.3, -0.25) is 4.79 Å². The second kappa shape index (κ2) is 8.53.